The van der Waals surface area contributed by atoms with Crippen LogP contribution in [0.1, 0.15) is 38.3 Å². The molecule has 100 valence electrons. The average molecular weight is 365 g/mol. The molecule has 0 saturated heterocycles. The summed E-state index contributed by atoms with van der Waals surface area (Å²) in [6.45, 7) is 9.03. The highest BCUT2D eigenvalue weighted by Gasteiger charge is 2.20. The van der Waals surface area contributed by atoms with Crippen LogP contribution in [0.4, 0.5) is 0 Å². The number of hydrogen-bond acceptors (Lipinski definition) is 0. The summed E-state index contributed by atoms with van der Waals surface area (Å²) in [5.74, 6) is 0. The highest BCUT2D eigenvalue weighted by atomic mass is 127. The monoisotopic (exact) mass is 365 g/mol. The van der Waals surface area contributed by atoms with Gasteiger partial charge in [0.05, 0.1) is 0 Å². The van der Waals surface area contributed by atoms with Crippen molar-refractivity contribution in [2.45, 2.75) is 39.5 Å². The summed E-state index contributed by atoms with van der Waals surface area (Å²) in [4.78, 5) is 0. The molecule has 0 aliphatic heterocycles. The maximum absolute atomic E-state index is 2.32. The van der Waals surface area contributed by atoms with E-state index >= 15 is 0 Å². The summed E-state index contributed by atoms with van der Waals surface area (Å²) in [7, 11) is 0. The molecule has 0 atom stereocenters. The van der Waals surface area contributed by atoms with E-state index in [1.54, 1.807) is 0 Å². The Morgan fingerprint density at radius 3 is 1.79 bits per heavy atom. The van der Waals surface area contributed by atoms with E-state index in [0.717, 1.165) is 0 Å². The van der Waals surface area contributed by atoms with Gasteiger partial charge in [0, 0.05) is 0 Å². The van der Waals surface area contributed by atoms with Gasteiger partial charge in [-0.15, -0.1) is 0 Å². The second-order valence-corrected chi connectivity index (χ2v) is 8.67. The van der Waals surface area contributed by atoms with Gasteiger partial charge in [-0.25, -0.2) is 0 Å². The van der Waals surface area contributed by atoms with E-state index in [4.69, 9.17) is 0 Å². The summed E-state index contributed by atoms with van der Waals surface area (Å²) >= 11 is -0.0381. The van der Waals surface area contributed by atoms with E-state index < -0.39 is 0 Å². The quantitative estimate of drug-likeness (QED) is 0.726. The summed E-state index contributed by atoms with van der Waals surface area (Å²) in [6, 6.07) is 18.2. The summed E-state index contributed by atoms with van der Waals surface area (Å²) in [6.07, 6.45) is 1.18. The van der Waals surface area contributed by atoms with Crippen LogP contribution in [0.2, 0.25) is 0 Å². The number of benzene rings is 2. The minimum atomic E-state index is -0.0381. The van der Waals surface area contributed by atoms with Crippen LogP contribution in [-0.2, 0) is 5.41 Å². The third-order valence-corrected chi connectivity index (χ3v) is 6.42. The molecule has 0 unspecified atom stereocenters. The summed E-state index contributed by atoms with van der Waals surface area (Å²) in [5.41, 5.74) is 3.08. The van der Waals surface area contributed by atoms with Gasteiger partial charge in [0.15, 0.2) is 7.14 Å². The summed E-state index contributed by atoms with van der Waals surface area (Å²) < 4.78 is 2.99. The third kappa shape index (κ3) is 3.82. The molecule has 2 rings (SSSR count). The Balaban J connectivity index is 2.13. The average Bonchev–Trinajstić information content (AvgIpc) is 2.42. The van der Waals surface area contributed by atoms with E-state index in [2.05, 4.69) is 76.2 Å². The first-order chi connectivity index (χ1) is 9.01. The predicted octanol–water partition coefficient (Wildman–Crippen LogP) is 1.81. The standard InChI is InChI=1S/C18H22I/c1-5-18(3,4)15-8-12-17(13-9-15)19-16-10-6-14(2)7-11-16/h6-13H,5H2,1-4H3/q+1. The van der Waals surface area contributed by atoms with E-state index in [0.29, 0.717) is 5.41 Å². The molecule has 2 aromatic carbocycles. The Morgan fingerprint density at radius 1 is 0.842 bits per heavy atom. The Hall–Kier alpha value is -0.830. The molecule has 0 spiro atoms. The molecule has 0 radical (unpaired) electrons. The Kier molecular flexibility index (Phi) is 4.67. The van der Waals surface area contributed by atoms with Gasteiger partial charge in [0.25, 0.3) is 0 Å². The highest BCUT2D eigenvalue weighted by Crippen LogP contribution is 2.25. The molecule has 0 nitrogen and oxygen atoms in total. The Bertz CT molecular complexity index is 521. The molecular weight excluding hydrogens is 343 g/mol. The Labute approximate surface area is 127 Å². The van der Waals surface area contributed by atoms with Gasteiger partial charge >= 0.3 is 21.2 Å². The second-order valence-electron chi connectivity index (χ2n) is 5.63. The molecule has 0 saturated carbocycles. The van der Waals surface area contributed by atoms with Crippen LogP contribution in [0.3, 0.4) is 0 Å². The van der Waals surface area contributed by atoms with Crippen molar-refractivity contribution in [3.63, 3.8) is 0 Å². The van der Waals surface area contributed by atoms with Gasteiger partial charge in [0.2, 0.25) is 0 Å². The lowest BCUT2D eigenvalue weighted by molar-refractivity contribution is -0.597. The van der Waals surface area contributed by atoms with Crippen LogP contribution in [0.25, 0.3) is 0 Å². The molecule has 0 amide bonds. The fourth-order valence-electron chi connectivity index (χ4n) is 1.89. The first-order valence-corrected chi connectivity index (χ1v) is 8.99. The molecular formula is C18H22I+. The molecule has 0 aromatic heterocycles. The first-order valence-electron chi connectivity index (χ1n) is 6.83. The van der Waals surface area contributed by atoms with Gasteiger partial charge in [-0.3, -0.25) is 0 Å². The maximum Gasteiger partial charge on any atom is 0.357 e. The van der Waals surface area contributed by atoms with Crippen molar-refractivity contribution in [2.75, 3.05) is 0 Å². The molecule has 0 fully saturated rings. The molecule has 0 aliphatic rings. The van der Waals surface area contributed by atoms with E-state index in [-0.39, 0.29) is 21.2 Å². The predicted molar refractivity (Wildman–Crippen MR) is 78.3 cm³/mol. The van der Waals surface area contributed by atoms with Crippen molar-refractivity contribution in [3.8, 4) is 0 Å². The van der Waals surface area contributed by atoms with Crippen LogP contribution in [0.15, 0.2) is 48.5 Å². The zero-order valence-electron chi connectivity index (χ0n) is 12.2. The van der Waals surface area contributed by atoms with Crippen molar-refractivity contribution >= 4 is 0 Å². The lowest BCUT2D eigenvalue weighted by Gasteiger charge is -2.22. The smallest absolute Gasteiger partial charge is 0.0646 e. The van der Waals surface area contributed by atoms with Crippen LogP contribution >= 0.6 is 0 Å². The van der Waals surface area contributed by atoms with Gasteiger partial charge in [-0.05, 0) is 48.6 Å². The normalized spacial score (nSPS) is 11.6. The molecule has 19 heavy (non-hydrogen) atoms. The van der Waals surface area contributed by atoms with Crippen LogP contribution in [0.5, 0.6) is 0 Å². The van der Waals surface area contributed by atoms with Crippen molar-refractivity contribution in [1.82, 2.24) is 0 Å². The van der Waals surface area contributed by atoms with E-state index in [1.807, 2.05) is 0 Å². The van der Waals surface area contributed by atoms with Gasteiger partial charge in [0.1, 0.15) is 0 Å². The van der Waals surface area contributed by atoms with Crippen molar-refractivity contribution in [1.29, 1.82) is 0 Å². The van der Waals surface area contributed by atoms with Crippen LogP contribution in [-0.4, -0.2) is 0 Å². The van der Waals surface area contributed by atoms with Crippen molar-refractivity contribution in [3.05, 3.63) is 66.8 Å². The number of hydrogen-bond donors (Lipinski definition) is 0. The molecule has 0 N–H and O–H groups in total. The topological polar surface area (TPSA) is 0 Å². The van der Waals surface area contributed by atoms with Crippen molar-refractivity contribution < 1.29 is 21.2 Å². The zero-order valence-corrected chi connectivity index (χ0v) is 14.4. The first kappa shape index (κ1) is 14.6. The van der Waals surface area contributed by atoms with E-state index in [1.165, 1.54) is 24.7 Å². The fraction of sp³-hybridized carbons (Fsp3) is 0.333. The maximum atomic E-state index is 2.32. The lowest BCUT2D eigenvalue weighted by atomic mass is 9.82. The second kappa shape index (κ2) is 6.08. The third-order valence-electron chi connectivity index (χ3n) is 3.74. The van der Waals surface area contributed by atoms with Gasteiger partial charge in [-0.2, -0.15) is 0 Å². The number of halogens is 1. The highest BCUT2D eigenvalue weighted by molar-refractivity contribution is 5.23. The summed E-state index contributed by atoms with van der Waals surface area (Å²) in [5, 5.41) is 0. The number of rotatable bonds is 4. The van der Waals surface area contributed by atoms with Crippen LogP contribution in [0, 0.1) is 14.1 Å². The van der Waals surface area contributed by atoms with Gasteiger partial charge in [-0.1, -0.05) is 50.6 Å². The van der Waals surface area contributed by atoms with Crippen molar-refractivity contribution in [2.24, 2.45) is 0 Å². The minimum Gasteiger partial charge on any atom is -0.0646 e. The zero-order chi connectivity index (χ0) is 13.9. The molecule has 0 bridgehead atoms. The Morgan fingerprint density at radius 2 is 1.32 bits per heavy atom. The van der Waals surface area contributed by atoms with E-state index in [9.17, 15) is 0 Å². The number of aryl methyl sites for hydroxylation is 1. The molecule has 2 aromatic rings. The molecule has 1 heteroatoms. The van der Waals surface area contributed by atoms with Crippen LogP contribution < -0.4 is 21.2 Å². The SMILES string of the molecule is CCC(C)(C)c1ccc([I+]c2ccc(C)cc2)cc1. The molecule has 0 aliphatic carbocycles. The molecule has 0 heterocycles. The largest absolute Gasteiger partial charge is 0.357 e. The minimum absolute atomic E-state index is 0.0381. The van der Waals surface area contributed by atoms with Gasteiger partial charge < -0.3 is 0 Å². The lowest BCUT2D eigenvalue weighted by Crippen LogP contribution is -3.61. The fourth-order valence-corrected chi connectivity index (χ4v) is 4.05.